The van der Waals surface area contributed by atoms with E-state index in [1.165, 1.54) is 11.3 Å². The summed E-state index contributed by atoms with van der Waals surface area (Å²) in [4.78, 5) is 6.97. The zero-order valence-electron chi connectivity index (χ0n) is 17.0. The Labute approximate surface area is 147 Å². The lowest BCUT2D eigenvalue weighted by Gasteiger charge is -2.31. The Morgan fingerprint density at radius 3 is 2.42 bits per heavy atom. The molecule has 0 saturated heterocycles. The van der Waals surface area contributed by atoms with Crippen LogP contribution in [0, 0.1) is 13.8 Å². The molecule has 0 aromatic carbocycles. The highest BCUT2D eigenvalue weighted by molar-refractivity contribution is 5.80. The predicted octanol–water partition coefficient (Wildman–Crippen LogP) is 1.86. The molecule has 1 heterocycles. The second-order valence-electron chi connectivity index (χ2n) is 7.42. The first kappa shape index (κ1) is 20.5. The normalized spacial score (nSPS) is 14.2. The Hall–Kier alpha value is -1.56. The largest absolute Gasteiger partial charge is 0.357 e. The number of rotatable bonds is 7. The zero-order chi connectivity index (χ0) is 18.5. The minimum Gasteiger partial charge on any atom is -0.357 e. The van der Waals surface area contributed by atoms with E-state index in [2.05, 4.69) is 76.3 Å². The third-order valence-corrected chi connectivity index (χ3v) is 4.73. The predicted molar refractivity (Wildman–Crippen MR) is 103 cm³/mol. The van der Waals surface area contributed by atoms with Gasteiger partial charge >= 0.3 is 0 Å². The summed E-state index contributed by atoms with van der Waals surface area (Å²) in [6.45, 7) is 14.5. The smallest absolute Gasteiger partial charge is 0.191 e. The van der Waals surface area contributed by atoms with Crippen molar-refractivity contribution in [1.29, 1.82) is 0 Å². The topological polar surface area (TPSA) is 57.5 Å². The number of nitrogens with one attached hydrogen (secondary N) is 2. The average Bonchev–Trinajstić information content (AvgIpc) is 2.71. The second kappa shape index (κ2) is 8.51. The van der Waals surface area contributed by atoms with E-state index in [9.17, 15) is 0 Å². The van der Waals surface area contributed by atoms with Crippen molar-refractivity contribution in [3.63, 3.8) is 0 Å². The number of nitrogens with zero attached hydrogens (tertiary/aromatic N) is 4. The summed E-state index contributed by atoms with van der Waals surface area (Å²) in [5, 5.41) is 11.4. The van der Waals surface area contributed by atoms with Crippen LogP contribution in [-0.4, -0.2) is 59.4 Å². The fourth-order valence-electron chi connectivity index (χ4n) is 2.44. The van der Waals surface area contributed by atoms with E-state index in [0.717, 1.165) is 31.2 Å². The molecule has 1 aromatic rings. The molecule has 1 aromatic heterocycles. The molecule has 0 aliphatic rings. The number of hydrogen-bond acceptors (Lipinski definition) is 3. The van der Waals surface area contributed by atoms with Gasteiger partial charge < -0.3 is 15.5 Å². The minimum absolute atomic E-state index is 0.0299. The summed E-state index contributed by atoms with van der Waals surface area (Å²) in [7, 11) is 6.18. The molecular formula is C18H36N6. The van der Waals surface area contributed by atoms with Crippen molar-refractivity contribution in [3.05, 3.63) is 17.0 Å². The van der Waals surface area contributed by atoms with Crippen LogP contribution in [0.15, 0.2) is 4.99 Å². The minimum atomic E-state index is 0.0299. The van der Waals surface area contributed by atoms with E-state index in [1.807, 2.05) is 11.7 Å². The van der Waals surface area contributed by atoms with Gasteiger partial charge in [0.15, 0.2) is 5.96 Å². The van der Waals surface area contributed by atoms with Crippen molar-refractivity contribution in [2.24, 2.45) is 12.0 Å². The van der Waals surface area contributed by atoms with Crippen molar-refractivity contribution in [3.8, 4) is 0 Å². The van der Waals surface area contributed by atoms with Crippen LogP contribution < -0.4 is 10.6 Å². The van der Waals surface area contributed by atoms with Crippen LogP contribution in [0.2, 0.25) is 0 Å². The molecule has 0 fully saturated rings. The number of aliphatic imine (C=N–C) groups is 1. The Morgan fingerprint density at radius 2 is 1.96 bits per heavy atom. The second-order valence-corrected chi connectivity index (χ2v) is 7.42. The molecule has 0 aliphatic carbocycles. The van der Waals surface area contributed by atoms with E-state index < -0.39 is 0 Å². The molecule has 0 spiro atoms. The van der Waals surface area contributed by atoms with Crippen molar-refractivity contribution < 1.29 is 0 Å². The van der Waals surface area contributed by atoms with E-state index in [0.29, 0.717) is 0 Å². The highest BCUT2D eigenvalue weighted by atomic mass is 15.3. The van der Waals surface area contributed by atoms with Crippen molar-refractivity contribution in [2.45, 2.75) is 59.5 Å². The van der Waals surface area contributed by atoms with Crippen LogP contribution in [0.5, 0.6) is 0 Å². The number of hydrogen-bond donors (Lipinski definition) is 2. The average molecular weight is 337 g/mol. The molecular weight excluding hydrogens is 300 g/mol. The van der Waals surface area contributed by atoms with E-state index in [-0.39, 0.29) is 11.6 Å². The molecule has 0 saturated carbocycles. The summed E-state index contributed by atoms with van der Waals surface area (Å²) in [5.41, 5.74) is 3.69. The number of guanidine groups is 1. The molecule has 0 amide bonds. The summed E-state index contributed by atoms with van der Waals surface area (Å²) < 4.78 is 1.95. The molecule has 0 radical (unpaired) electrons. The Morgan fingerprint density at radius 1 is 1.33 bits per heavy atom. The van der Waals surface area contributed by atoms with Gasteiger partial charge in [0.2, 0.25) is 0 Å². The Balaban J connectivity index is 2.77. The third-order valence-electron chi connectivity index (χ3n) is 4.73. The van der Waals surface area contributed by atoms with Crippen LogP contribution in [0.25, 0.3) is 0 Å². The first-order valence-corrected chi connectivity index (χ1v) is 8.79. The standard InChI is InChI=1S/C18H36N6/c1-10-19-17(20-12-18(5,6)23(7)8)21-13(2)11-16-14(3)22-24(9)15(16)4/h13H,10-12H2,1-9H3,(H2,19,20,21). The third kappa shape index (κ3) is 5.51. The molecule has 1 unspecified atom stereocenters. The maximum atomic E-state index is 4.77. The number of likely N-dealkylation sites (N-methyl/N-ethyl adjacent to an activating group) is 1. The molecule has 138 valence electrons. The quantitative estimate of drug-likeness (QED) is 0.589. The lowest BCUT2D eigenvalue weighted by Crippen LogP contribution is -2.46. The van der Waals surface area contributed by atoms with Gasteiger partial charge in [-0.15, -0.1) is 0 Å². The maximum Gasteiger partial charge on any atom is 0.191 e. The first-order valence-electron chi connectivity index (χ1n) is 8.79. The molecule has 1 atom stereocenters. The van der Waals surface area contributed by atoms with Gasteiger partial charge in [-0.05, 0) is 67.6 Å². The van der Waals surface area contributed by atoms with Gasteiger partial charge in [0.05, 0.1) is 12.2 Å². The number of aryl methyl sites for hydroxylation is 2. The monoisotopic (exact) mass is 336 g/mol. The summed E-state index contributed by atoms with van der Waals surface area (Å²) >= 11 is 0. The zero-order valence-corrected chi connectivity index (χ0v) is 17.0. The molecule has 24 heavy (non-hydrogen) atoms. The molecule has 6 heteroatoms. The summed E-state index contributed by atoms with van der Waals surface area (Å²) in [5.74, 6) is 0.874. The molecule has 0 aliphatic heterocycles. The van der Waals surface area contributed by atoms with Gasteiger partial charge in [0.1, 0.15) is 0 Å². The van der Waals surface area contributed by atoms with E-state index in [4.69, 9.17) is 4.99 Å². The van der Waals surface area contributed by atoms with Gasteiger partial charge in [0.25, 0.3) is 0 Å². The Bertz CT molecular complexity index is 556. The van der Waals surface area contributed by atoms with Crippen molar-refractivity contribution in [2.75, 3.05) is 27.2 Å². The fraction of sp³-hybridized carbons (Fsp3) is 0.778. The molecule has 0 bridgehead atoms. The molecule has 1 rings (SSSR count). The summed E-state index contributed by atoms with van der Waals surface area (Å²) in [6, 6.07) is 0.284. The van der Waals surface area contributed by atoms with Crippen LogP contribution >= 0.6 is 0 Å². The number of aromatic nitrogens is 2. The van der Waals surface area contributed by atoms with Crippen LogP contribution in [0.3, 0.4) is 0 Å². The van der Waals surface area contributed by atoms with Crippen LogP contribution in [0.1, 0.15) is 44.6 Å². The lowest BCUT2D eigenvalue weighted by molar-refractivity contribution is 0.204. The van der Waals surface area contributed by atoms with Gasteiger partial charge in [-0.25, -0.2) is 0 Å². The van der Waals surface area contributed by atoms with Crippen molar-refractivity contribution in [1.82, 2.24) is 25.3 Å². The summed E-state index contributed by atoms with van der Waals surface area (Å²) in [6.07, 6.45) is 0.937. The first-order chi connectivity index (χ1) is 11.1. The van der Waals surface area contributed by atoms with E-state index in [1.54, 1.807) is 0 Å². The maximum absolute atomic E-state index is 4.77. The highest BCUT2D eigenvalue weighted by Crippen LogP contribution is 2.14. The molecule has 2 N–H and O–H groups in total. The van der Waals surface area contributed by atoms with Gasteiger partial charge in [-0.1, -0.05) is 0 Å². The SMILES string of the molecule is CCNC(=NCC(C)(C)N(C)C)NC(C)Cc1c(C)nn(C)c1C. The van der Waals surface area contributed by atoms with E-state index >= 15 is 0 Å². The highest BCUT2D eigenvalue weighted by Gasteiger charge is 2.20. The molecule has 6 nitrogen and oxygen atoms in total. The van der Waals surface area contributed by atoms with Gasteiger partial charge in [0, 0.05) is 30.9 Å². The van der Waals surface area contributed by atoms with Gasteiger partial charge in [-0.3, -0.25) is 9.67 Å². The lowest BCUT2D eigenvalue weighted by atomic mass is 10.0. The van der Waals surface area contributed by atoms with Gasteiger partial charge in [-0.2, -0.15) is 5.10 Å². The van der Waals surface area contributed by atoms with Crippen molar-refractivity contribution >= 4 is 5.96 Å². The fourth-order valence-corrected chi connectivity index (χ4v) is 2.44. The van der Waals surface area contributed by atoms with Crippen LogP contribution in [-0.2, 0) is 13.5 Å². The Kier molecular flexibility index (Phi) is 7.27. The van der Waals surface area contributed by atoms with Crippen LogP contribution in [0.4, 0.5) is 0 Å².